The molecule has 1 amide bonds. The van der Waals surface area contributed by atoms with Gasteiger partial charge in [0.1, 0.15) is 6.04 Å². The molecule has 1 atom stereocenters. The number of nitrogens with one attached hydrogen (secondary N) is 1. The number of carboxylic acids is 1. The molecular weight excluding hydrogens is 382 g/mol. The molecule has 1 fully saturated rings. The van der Waals surface area contributed by atoms with Crippen molar-refractivity contribution in [1.82, 2.24) is 5.32 Å². The van der Waals surface area contributed by atoms with Crippen LogP contribution in [-0.4, -0.2) is 54.7 Å². The third-order valence-electron chi connectivity index (χ3n) is 4.60. The second-order valence-corrected chi connectivity index (χ2v) is 8.66. The molecule has 1 aromatic rings. The quantitative estimate of drug-likeness (QED) is 0.593. The van der Waals surface area contributed by atoms with E-state index in [2.05, 4.69) is 29.0 Å². The molecule has 0 bridgehead atoms. The van der Waals surface area contributed by atoms with Crippen LogP contribution in [0.4, 0.5) is 0 Å². The van der Waals surface area contributed by atoms with Crippen molar-refractivity contribution < 1.29 is 28.2 Å². The average Bonchev–Trinajstić information content (AvgIpc) is 2.63. The van der Waals surface area contributed by atoms with Gasteiger partial charge >= 0.3 is 5.97 Å². The Morgan fingerprint density at radius 1 is 1.21 bits per heavy atom. The van der Waals surface area contributed by atoms with Gasteiger partial charge in [0.2, 0.25) is 0 Å². The highest BCUT2D eigenvalue weighted by Gasteiger charge is 2.55. The lowest BCUT2D eigenvalue weighted by Gasteiger charge is -2.44. The van der Waals surface area contributed by atoms with E-state index < -0.39 is 33.2 Å². The molecule has 0 saturated carbocycles. The maximum atomic E-state index is 12.5. The van der Waals surface area contributed by atoms with Crippen molar-refractivity contribution in [3.63, 3.8) is 0 Å². The lowest BCUT2D eigenvalue weighted by molar-refractivity contribution is -0.142. The minimum atomic E-state index is -3.26. The number of carboxylic acid groups (broad SMARTS) is 1. The van der Waals surface area contributed by atoms with Gasteiger partial charge in [0.15, 0.2) is 9.84 Å². The molecule has 1 aliphatic rings. The van der Waals surface area contributed by atoms with Crippen molar-refractivity contribution in [3.05, 3.63) is 35.4 Å². The Hall–Kier alpha value is -2.81. The van der Waals surface area contributed by atoms with Gasteiger partial charge in [-0.1, -0.05) is 18.8 Å². The van der Waals surface area contributed by atoms with Gasteiger partial charge in [-0.05, 0) is 42.5 Å². The molecular formula is C20H21NO6S. The van der Waals surface area contributed by atoms with E-state index in [9.17, 15) is 23.1 Å². The van der Waals surface area contributed by atoms with Gasteiger partial charge < -0.3 is 15.5 Å². The summed E-state index contributed by atoms with van der Waals surface area (Å²) in [4.78, 5) is 24.1. The monoisotopic (exact) mass is 403 g/mol. The third kappa shape index (κ3) is 5.13. The van der Waals surface area contributed by atoms with Crippen molar-refractivity contribution in [2.45, 2.75) is 25.8 Å². The normalized spacial score (nSPS) is 16.9. The van der Waals surface area contributed by atoms with Crippen LogP contribution in [0, 0.1) is 29.1 Å². The lowest BCUT2D eigenvalue weighted by Crippen LogP contribution is -2.63. The zero-order valence-corrected chi connectivity index (χ0v) is 16.2. The first-order valence-electron chi connectivity index (χ1n) is 8.67. The van der Waals surface area contributed by atoms with Crippen molar-refractivity contribution in [2.75, 3.05) is 18.1 Å². The number of rotatable bonds is 6. The molecule has 3 N–H and O–H groups in total. The molecule has 2 rings (SSSR count). The highest BCUT2D eigenvalue weighted by molar-refractivity contribution is 7.92. The molecule has 1 heterocycles. The molecule has 28 heavy (non-hydrogen) atoms. The topological polar surface area (TPSA) is 121 Å². The summed E-state index contributed by atoms with van der Waals surface area (Å²) in [5.41, 5.74) is -0.116. The van der Waals surface area contributed by atoms with Crippen LogP contribution in [0.5, 0.6) is 0 Å². The Bertz CT molecular complexity index is 961. The number of carbonyl (C=O) groups excluding carboxylic acids is 1. The molecule has 1 aromatic carbocycles. The summed E-state index contributed by atoms with van der Waals surface area (Å²) in [5.74, 6) is 8.33. The Morgan fingerprint density at radius 3 is 2.36 bits per heavy atom. The maximum Gasteiger partial charge on any atom is 0.326 e. The van der Waals surface area contributed by atoms with Gasteiger partial charge in [-0.15, -0.1) is 0 Å². The van der Waals surface area contributed by atoms with E-state index in [4.69, 9.17) is 5.11 Å². The van der Waals surface area contributed by atoms with Crippen LogP contribution in [0.2, 0.25) is 0 Å². The highest BCUT2D eigenvalue weighted by Crippen LogP contribution is 2.39. The van der Waals surface area contributed by atoms with Crippen LogP contribution in [0.1, 0.15) is 35.7 Å². The molecule has 1 saturated heterocycles. The van der Waals surface area contributed by atoms with Gasteiger partial charge in [0.25, 0.3) is 5.91 Å². The van der Waals surface area contributed by atoms with E-state index in [0.29, 0.717) is 18.4 Å². The fraction of sp³-hybridized carbons (Fsp3) is 0.400. The predicted molar refractivity (Wildman–Crippen MR) is 103 cm³/mol. The van der Waals surface area contributed by atoms with Crippen LogP contribution < -0.4 is 5.32 Å². The number of amides is 1. The number of aliphatic carboxylic acids is 1. The van der Waals surface area contributed by atoms with Crippen molar-refractivity contribution in [1.29, 1.82) is 0 Å². The number of sulfone groups is 1. The number of aliphatic hydroxyl groups excluding tert-OH is 1. The molecule has 0 aromatic heterocycles. The number of aliphatic hydroxyl groups is 1. The third-order valence-corrected chi connectivity index (χ3v) is 6.62. The molecule has 0 spiro atoms. The molecule has 1 unspecified atom stereocenters. The fourth-order valence-electron chi connectivity index (χ4n) is 3.07. The summed E-state index contributed by atoms with van der Waals surface area (Å²) < 4.78 is 23.2. The van der Waals surface area contributed by atoms with Crippen LogP contribution in [0.25, 0.3) is 0 Å². The van der Waals surface area contributed by atoms with E-state index in [-0.39, 0.29) is 23.7 Å². The van der Waals surface area contributed by atoms with E-state index in [0.717, 1.165) is 0 Å². The molecule has 7 nitrogen and oxygen atoms in total. The highest BCUT2D eigenvalue weighted by atomic mass is 32.2. The fourth-order valence-corrected chi connectivity index (χ4v) is 5.48. The molecule has 148 valence electrons. The summed E-state index contributed by atoms with van der Waals surface area (Å²) in [5, 5.41) is 20.6. The second kappa shape index (κ2) is 8.92. The Kier molecular flexibility index (Phi) is 6.85. The van der Waals surface area contributed by atoms with Crippen LogP contribution >= 0.6 is 0 Å². The molecule has 0 aliphatic carbocycles. The Morgan fingerprint density at radius 2 is 1.86 bits per heavy atom. The van der Waals surface area contributed by atoms with Crippen molar-refractivity contribution >= 4 is 21.7 Å². The second-order valence-electron chi connectivity index (χ2n) is 6.60. The first kappa shape index (κ1) is 21.5. The van der Waals surface area contributed by atoms with Crippen LogP contribution in [0.3, 0.4) is 0 Å². The number of hydrogen-bond donors (Lipinski definition) is 3. The SMILES string of the molecule is CCC1(C(NC(=O)c2ccc(C#CC#CCCO)cc2)C(=O)O)CS(=O)(=O)C1. The predicted octanol–water partition coefficient (Wildman–Crippen LogP) is 0.432. The van der Waals surface area contributed by atoms with Gasteiger partial charge in [0, 0.05) is 23.0 Å². The number of carbonyl (C=O) groups is 2. The lowest BCUT2D eigenvalue weighted by atomic mass is 9.80. The van der Waals surface area contributed by atoms with E-state index in [1.165, 1.54) is 12.1 Å². The summed E-state index contributed by atoms with van der Waals surface area (Å²) in [7, 11) is -3.26. The minimum absolute atomic E-state index is 0.0267. The first-order chi connectivity index (χ1) is 13.2. The Labute approximate surface area is 164 Å². The number of hydrogen-bond acceptors (Lipinski definition) is 5. The zero-order valence-electron chi connectivity index (χ0n) is 15.4. The smallest absolute Gasteiger partial charge is 0.326 e. The minimum Gasteiger partial charge on any atom is -0.480 e. The number of benzene rings is 1. The summed E-state index contributed by atoms with van der Waals surface area (Å²) >= 11 is 0. The standard InChI is InChI=1S/C20H21NO6S/c1-2-20(13-28(26,27)14-20)17(19(24)25)21-18(23)16-10-8-15(9-11-16)7-5-3-4-6-12-22/h8-11,17,22H,2,6,12-14H2,1H3,(H,21,23)(H,24,25). The van der Waals surface area contributed by atoms with Crippen LogP contribution in [0.15, 0.2) is 24.3 Å². The molecule has 8 heteroatoms. The zero-order chi connectivity index (χ0) is 20.8. The van der Waals surface area contributed by atoms with E-state index in [1.807, 2.05) is 0 Å². The van der Waals surface area contributed by atoms with Crippen molar-refractivity contribution in [2.24, 2.45) is 5.41 Å². The van der Waals surface area contributed by atoms with Crippen molar-refractivity contribution in [3.8, 4) is 23.7 Å². The van der Waals surface area contributed by atoms with Gasteiger partial charge in [-0.3, -0.25) is 4.79 Å². The molecule has 1 aliphatic heterocycles. The summed E-state index contributed by atoms with van der Waals surface area (Å²) in [6, 6.07) is 4.95. The maximum absolute atomic E-state index is 12.5. The largest absolute Gasteiger partial charge is 0.480 e. The van der Waals surface area contributed by atoms with Gasteiger partial charge in [-0.25, -0.2) is 13.2 Å². The summed E-state index contributed by atoms with van der Waals surface area (Å²) in [6.45, 7) is 1.69. The first-order valence-corrected chi connectivity index (χ1v) is 10.5. The van der Waals surface area contributed by atoms with E-state index >= 15 is 0 Å². The van der Waals surface area contributed by atoms with Gasteiger partial charge in [-0.2, -0.15) is 0 Å². The average molecular weight is 403 g/mol. The van der Waals surface area contributed by atoms with Crippen LogP contribution in [-0.2, 0) is 14.6 Å². The molecule has 0 radical (unpaired) electrons. The van der Waals surface area contributed by atoms with Gasteiger partial charge in [0.05, 0.1) is 18.1 Å². The van der Waals surface area contributed by atoms with E-state index in [1.54, 1.807) is 19.1 Å². The Balaban J connectivity index is 2.10. The summed E-state index contributed by atoms with van der Waals surface area (Å²) in [6.07, 6.45) is 0.675.